The molecule has 0 amide bonds. The van der Waals surface area contributed by atoms with Crippen molar-refractivity contribution >= 4 is 23.0 Å². The molecule has 0 aliphatic carbocycles. The number of anilines is 1. The topological polar surface area (TPSA) is 46.0 Å². The number of pyridine rings is 2. The molecule has 5 nitrogen and oxygen atoms in total. The Morgan fingerprint density at radius 1 is 0.939 bits per heavy atom. The lowest BCUT2D eigenvalue weighted by Gasteiger charge is -2.28. The van der Waals surface area contributed by atoms with Crippen LogP contribution in [0.25, 0.3) is 5.82 Å². The van der Waals surface area contributed by atoms with E-state index in [2.05, 4.69) is 81.9 Å². The van der Waals surface area contributed by atoms with Gasteiger partial charge < -0.3 is 14.8 Å². The van der Waals surface area contributed by atoms with E-state index in [1.165, 1.54) is 11.1 Å². The van der Waals surface area contributed by atoms with E-state index in [0.717, 1.165) is 35.0 Å². The molecular formula is C27H27N5S. The number of nitrogens with zero attached hydrogens (tertiary/aromatic N) is 4. The number of hydrogen-bond acceptors (Lipinski definition) is 3. The van der Waals surface area contributed by atoms with Crippen LogP contribution in [0.15, 0.2) is 79.1 Å². The van der Waals surface area contributed by atoms with Crippen molar-refractivity contribution in [2.24, 2.45) is 0 Å². The van der Waals surface area contributed by atoms with Crippen LogP contribution in [-0.4, -0.2) is 19.6 Å². The van der Waals surface area contributed by atoms with E-state index in [0.29, 0.717) is 5.11 Å². The molecule has 1 fully saturated rings. The van der Waals surface area contributed by atoms with Crippen LogP contribution in [0.3, 0.4) is 0 Å². The highest BCUT2D eigenvalue weighted by molar-refractivity contribution is 7.80. The van der Waals surface area contributed by atoms with E-state index < -0.39 is 0 Å². The Morgan fingerprint density at radius 3 is 2.30 bits per heavy atom. The third kappa shape index (κ3) is 3.80. The fourth-order valence-corrected chi connectivity index (χ4v) is 5.11. The highest BCUT2D eigenvalue weighted by atomic mass is 32.1. The molecule has 1 saturated heterocycles. The van der Waals surface area contributed by atoms with Crippen LogP contribution < -0.4 is 10.2 Å². The fourth-order valence-electron chi connectivity index (χ4n) is 4.77. The molecule has 6 heteroatoms. The minimum atomic E-state index is -0.0674. The molecule has 1 aromatic carbocycles. The SMILES string of the molecule is CCc1ccc(N2C(=S)N[C@@H](c3ccccn3)[C@H]2c2cc(C)n(-c3ccccn3)c2C)cc1. The monoisotopic (exact) mass is 453 g/mol. The van der Waals surface area contributed by atoms with Gasteiger partial charge in [-0.25, -0.2) is 4.98 Å². The molecule has 0 saturated carbocycles. The molecule has 0 radical (unpaired) electrons. The second-order valence-electron chi connectivity index (χ2n) is 8.37. The van der Waals surface area contributed by atoms with Crippen molar-refractivity contribution in [2.45, 2.75) is 39.3 Å². The Morgan fingerprint density at radius 2 is 1.67 bits per heavy atom. The lowest BCUT2D eigenvalue weighted by atomic mass is 9.96. The maximum Gasteiger partial charge on any atom is 0.174 e. The molecule has 0 bridgehead atoms. The third-order valence-corrected chi connectivity index (χ3v) is 6.70. The number of benzene rings is 1. The highest BCUT2D eigenvalue weighted by Crippen LogP contribution is 2.43. The van der Waals surface area contributed by atoms with Gasteiger partial charge in [-0.05, 0) is 86.1 Å². The summed E-state index contributed by atoms with van der Waals surface area (Å²) in [5.74, 6) is 0.917. The smallest absolute Gasteiger partial charge is 0.174 e. The first kappa shape index (κ1) is 21.3. The van der Waals surface area contributed by atoms with Crippen LogP contribution in [-0.2, 0) is 6.42 Å². The van der Waals surface area contributed by atoms with Crippen molar-refractivity contribution in [2.75, 3.05) is 4.90 Å². The van der Waals surface area contributed by atoms with Gasteiger partial charge in [-0.15, -0.1) is 0 Å². The Hall–Kier alpha value is -3.51. The average Bonchev–Trinajstić information content (AvgIpc) is 3.35. The summed E-state index contributed by atoms with van der Waals surface area (Å²) in [4.78, 5) is 11.5. The predicted molar refractivity (Wildman–Crippen MR) is 137 cm³/mol. The molecule has 33 heavy (non-hydrogen) atoms. The molecule has 4 heterocycles. The van der Waals surface area contributed by atoms with E-state index in [-0.39, 0.29) is 12.1 Å². The van der Waals surface area contributed by atoms with Gasteiger partial charge >= 0.3 is 0 Å². The maximum atomic E-state index is 5.88. The van der Waals surface area contributed by atoms with E-state index in [1.54, 1.807) is 0 Å². The summed E-state index contributed by atoms with van der Waals surface area (Å²) >= 11 is 5.88. The van der Waals surface area contributed by atoms with Crippen LogP contribution in [0.2, 0.25) is 0 Å². The van der Waals surface area contributed by atoms with Crippen molar-refractivity contribution < 1.29 is 0 Å². The first-order valence-electron chi connectivity index (χ1n) is 11.3. The van der Waals surface area contributed by atoms with Gasteiger partial charge in [0.05, 0.1) is 17.8 Å². The number of thiocarbonyl (C=S) groups is 1. The molecule has 0 spiro atoms. The first-order valence-corrected chi connectivity index (χ1v) is 11.7. The second kappa shape index (κ2) is 8.79. The van der Waals surface area contributed by atoms with Crippen molar-refractivity contribution in [1.29, 1.82) is 0 Å². The van der Waals surface area contributed by atoms with E-state index in [1.807, 2.05) is 42.7 Å². The molecule has 3 aromatic heterocycles. The van der Waals surface area contributed by atoms with Crippen LogP contribution in [0.1, 0.15) is 47.2 Å². The van der Waals surface area contributed by atoms with Gasteiger partial charge in [0.2, 0.25) is 0 Å². The van der Waals surface area contributed by atoms with Crippen molar-refractivity contribution in [3.8, 4) is 5.82 Å². The van der Waals surface area contributed by atoms with Crippen LogP contribution in [0, 0.1) is 13.8 Å². The third-order valence-electron chi connectivity index (χ3n) is 6.39. The zero-order valence-electron chi connectivity index (χ0n) is 19.1. The lowest BCUT2D eigenvalue weighted by molar-refractivity contribution is 0.565. The standard InChI is InChI=1S/C27H27N5S/c1-4-20-11-13-21(14-12-20)32-26(25(30-27(32)33)23-9-5-7-15-28-23)22-17-18(2)31(19(22)3)24-10-6-8-16-29-24/h5-17,25-26H,4H2,1-3H3,(H,30,33)/t25-,26+/m0/s1. The summed E-state index contributed by atoms with van der Waals surface area (Å²) in [7, 11) is 0. The second-order valence-corrected chi connectivity index (χ2v) is 8.75. The molecule has 1 aliphatic rings. The summed E-state index contributed by atoms with van der Waals surface area (Å²) in [6.45, 7) is 6.46. The summed E-state index contributed by atoms with van der Waals surface area (Å²) in [5.41, 5.74) is 6.86. The quantitative estimate of drug-likeness (QED) is 0.397. The number of hydrogen-bond donors (Lipinski definition) is 1. The van der Waals surface area contributed by atoms with Gasteiger partial charge in [-0.2, -0.15) is 0 Å². The molecule has 4 aromatic rings. The molecule has 2 atom stereocenters. The Labute approximate surface area is 200 Å². The van der Waals surface area contributed by atoms with Gasteiger partial charge in [0.1, 0.15) is 5.82 Å². The molecule has 0 unspecified atom stereocenters. The summed E-state index contributed by atoms with van der Waals surface area (Å²) in [6, 6.07) is 22.9. The van der Waals surface area contributed by atoms with Crippen LogP contribution in [0.5, 0.6) is 0 Å². The van der Waals surface area contributed by atoms with Crippen molar-refractivity contribution in [3.05, 3.63) is 107 Å². The highest BCUT2D eigenvalue weighted by Gasteiger charge is 2.42. The van der Waals surface area contributed by atoms with Crippen molar-refractivity contribution in [1.82, 2.24) is 19.9 Å². The molecule has 1 N–H and O–H groups in total. The van der Waals surface area contributed by atoms with Gasteiger partial charge in [0.15, 0.2) is 5.11 Å². The summed E-state index contributed by atoms with van der Waals surface area (Å²) in [6.07, 6.45) is 4.68. The minimum absolute atomic E-state index is 0.0384. The van der Waals surface area contributed by atoms with Gasteiger partial charge in [0.25, 0.3) is 0 Å². The van der Waals surface area contributed by atoms with E-state index in [9.17, 15) is 0 Å². The van der Waals surface area contributed by atoms with Gasteiger partial charge in [0, 0.05) is 29.5 Å². The molecular weight excluding hydrogens is 426 g/mol. The predicted octanol–water partition coefficient (Wildman–Crippen LogP) is 5.62. The number of aromatic nitrogens is 3. The van der Waals surface area contributed by atoms with Crippen LogP contribution in [0.4, 0.5) is 5.69 Å². The number of aryl methyl sites for hydroxylation is 2. The number of nitrogens with one attached hydrogen (secondary N) is 1. The lowest BCUT2D eigenvalue weighted by Crippen LogP contribution is -2.29. The first-order chi connectivity index (χ1) is 16.1. The Bertz CT molecular complexity index is 1270. The van der Waals surface area contributed by atoms with E-state index >= 15 is 0 Å². The van der Waals surface area contributed by atoms with Gasteiger partial charge in [-0.1, -0.05) is 31.2 Å². The minimum Gasteiger partial charge on any atom is -0.351 e. The van der Waals surface area contributed by atoms with Crippen LogP contribution >= 0.6 is 12.2 Å². The largest absolute Gasteiger partial charge is 0.351 e. The normalized spacial score (nSPS) is 17.9. The van der Waals surface area contributed by atoms with E-state index in [4.69, 9.17) is 12.2 Å². The summed E-state index contributed by atoms with van der Waals surface area (Å²) in [5, 5.41) is 4.27. The zero-order valence-corrected chi connectivity index (χ0v) is 19.9. The van der Waals surface area contributed by atoms with Gasteiger partial charge in [-0.3, -0.25) is 4.98 Å². The molecule has 166 valence electrons. The molecule has 1 aliphatic heterocycles. The summed E-state index contributed by atoms with van der Waals surface area (Å²) < 4.78 is 2.21. The average molecular weight is 454 g/mol. The number of rotatable bonds is 5. The zero-order chi connectivity index (χ0) is 22.9. The van der Waals surface area contributed by atoms with Crippen molar-refractivity contribution in [3.63, 3.8) is 0 Å². The Balaban J connectivity index is 1.66. The molecule has 5 rings (SSSR count). The maximum absolute atomic E-state index is 5.88. The fraction of sp³-hybridized carbons (Fsp3) is 0.222. The Kier molecular flexibility index (Phi) is 5.68.